The van der Waals surface area contributed by atoms with Gasteiger partial charge in [-0.05, 0) is 12.0 Å². The number of aromatic nitrogens is 1. The van der Waals surface area contributed by atoms with Crippen molar-refractivity contribution in [2.45, 2.75) is 31.0 Å². The fourth-order valence-electron chi connectivity index (χ4n) is 0.823. The van der Waals surface area contributed by atoms with Gasteiger partial charge in [0.25, 0.3) is 0 Å². The molecule has 1 aromatic heterocycles. The summed E-state index contributed by atoms with van der Waals surface area (Å²) in [6.07, 6.45) is 0. The number of rotatable bonds is 3. The molecule has 0 saturated heterocycles. The highest BCUT2D eigenvalue weighted by Crippen LogP contribution is 2.35. The van der Waals surface area contributed by atoms with Gasteiger partial charge in [-0.25, -0.2) is 4.98 Å². The molecule has 0 saturated carbocycles. The van der Waals surface area contributed by atoms with E-state index in [1.54, 1.807) is 17.8 Å². The predicted octanol–water partition coefficient (Wildman–Crippen LogP) is 5.18. The Labute approximate surface area is 110 Å². The van der Waals surface area contributed by atoms with Gasteiger partial charge in [0.1, 0.15) is 10.2 Å². The van der Waals surface area contributed by atoms with E-state index >= 15 is 0 Å². The number of halogens is 3. The van der Waals surface area contributed by atoms with E-state index in [4.69, 9.17) is 34.8 Å². The summed E-state index contributed by atoms with van der Waals surface area (Å²) in [6, 6.07) is 1.63. The summed E-state index contributed by atoms with van der Waals surface area (Å²) in [5.74, 6) is 0.558. The average Bonchev–Trinajstić information content (AvgIpc) is 2.13. The second-order valence-electron chi connectivity index (χ2n) is 3.61. The maximum Gasteiger partial charge on any atom is 0.149 e. The largest absolute Gasteiger partial charge is 0.227 e. The van der Waals surface area contributed by atoms with Crippen LogP contribution in [0.25, 0.3) is 0 Å². The van der Waals surface area contributed by atoms with Crippen LogP contribution in [0.5, 0.6) is 0 Å². The molecule has 84 valence electrons. The molecule has 0 radical (unpaired) electrons. The van der Waals surface area contributed by atoms with Crippen molar-refractivity contribution in [3.63, 3.8) is 0 Å². The first-order valence-corrected chi connectivity index (χ1v) is 6.61. The monoisotopic (exact) mass is 283 g/mol. The lowest BCUT2D eigenvalue weighted by atomic mass is 10.2. The average molecular weight is 285 g/mol. The van der Waals surface area contributed by atoms with Crippen LogP contribution in [0.15, 0.2) is 11.1 Å². The second-order valence-corrected chi connectivity index (χ2v) is 6.15. The normalized spacial score (nSPS) is 13.3. The number of hydrogen-bond donors (Lipinski definition) is 0. The molecule has 0 bridgehead atoms. The minimum Gasteiger partial charge on any atom is -0.227 e. The molecule has 0 aliphatic carbocycles. The van der Waals surface area contributed by atoms with Crippen molar-refractivity contribution in [2.24, 2.45) is 5.92 Å². The summed E-state index contributed by atoms with van der Waals surface area (Å²) in [6.45, 7) is 6.45. The molecular formula is C10H12Cl3NS. The van der Waals surface area contributed by atoms with Crippen LogP contribution in [0, 0.1) is 5.92 Å². The molecule has 15 heavy (non-hydrogen) atoms. The van der Waals surface area contributed by atoms with E-state index in [2.05, 4.69) is 25.8 Å². The zero-order valence-corrected chi connectivity index (χ0v) is 11.8. The van der Waals surface area contributed by atoms with Crippen LogP contribution in [0.1, 0.15) is 20.8 Å². The molecule has 1 rings (SSSR count). The highest BCUT2D eigenvalue weighted by atomic mass is 35.5. The highest BCUT2D eigenvalue weighted by molar-refractivity contribution is 8.00. The first-order valence-electron chi connectivity index (χ1n) is 4.60. The minimum absolute atomic E-state index is 0.305. The summed E-state index contributed by atoms with van der Waals surface area (Å²) < 4.78 is 0. The van der Waals surface area contributed by atoms with Crippen LogP contribution in [0.4, 0.5) is 0 Å². The van der Waals surface area contributed by atoms with Gasteiger partial charge in [0, 0.05) is 5.25 Å². The van der Waals surface area contributed by atoms with Crippen molar-refractivity contribution in [1.82, 2.24) is 4.98 Å². The van der Waals surface area contributed by atoms with Gasteiger partial charge >= 0.3 is 0 Å². The van der Waals surface area contributed by atoms with Crippen molar-refractivity contribution in [3.8, 4) is 0 Å². The van der Waals surface area contributed by atoms with Crippen molar-refractivity contribution in [2.75, 3.05) is 0 Å². The Hall–Kier alpha value is 0.370. The fourth-order valence-corrected chi connectivity index (χ4v) is 2.44. The maximum absolute atomic E-state index is 6.02. The first kappa shape index (κ1) is 13.4. The molecule has 1 heterocycles. The third kappa shape index (κ3) is 3.70. The van der Waals surface area contributed by atoms with Crippen molar-refractivity contribution >= 4 is 46.6 Å². The summed E-state index contributed by atoms with van der Waals surface area (Å²) >= 11 is 19.3. The molecule has 0 aliphatic rings. The van der Waals surface area contributed by atoms with Gasteiger partial charge in [-0.3, -0.25) is 0 Å². The standard InChI is InChI=1S/C10H12Cl3NS/c1-5(2)6(3)15-10-8(12)4-7(11)9(13)14-10/h4-6H,1-3H3. The van der Waals surface area contributed by atoms with Gasteiger partial charge in [-0.2, -0.15) is 0 Å². The Morgan fingerprint density at radius 2 is 1.73 bits per heavy atom. The molecule has 5 heteroatoms. The lowest BCUT2D eigenvalue weighted by molar-refractivity contribution is 0.641. The molecule has 1 unspecified atom stereocenters. The van der Waals surface area contributed by atoms with Crippen molar-refractivity contribution < 1.29 is 0 Å². The van der Waals surface area contributed by atoms with E-state index in [1.807, 2.05) is 0 Å². The minimum atomic E-state index is 0.305. The van der Waals surface area contributed by atoms with Crippen LogP contribution >= 0.6 is 46.6 Å². The van der Waals surface area contributed by atoms with Gasteiger partial charge in [-0.15, -0.1) is 11.8 Å². The van der Waals surface area contributed by atoms with Gasteiger partial charge < -0.3 is 0 Å². The molecule has 1 nitrogen and oxygen atoms in total. The summed E-state index contributed by atoms with van der Waals surface area (Å²) in [5, 5.41) is 2.43. The smallest absolute Gasteiger partial charge is 0.149 e. The number of pyridine rings is 1. The predicted molar refractivity (Wildman–Crippen MR) is 69.4 cm³/mol. The van der Waals surface area contributed by atoms with E-state index < -0.39 is 0 Å². The van der Waals surface area contributed by atoms with E-state index in [0.29, 0.717) is 26.4 Å². The van der Waals surface area contributed by atoms with Gasteiger partial charge in [0.05, 0.1) is 10.0 Å². The molecule has 1 aromatic rings. The van der Waals surface area contributed by atoms with E-state index in [0.717, 1.165) is 5.03 Å². The van der Waals surface area contributed by atoms with Gasteiger partial charge in [0.2, 0.25) is 0 Å². The zero-order chi connectivity index (χ0) is 11.6. The molecular weight excluding hydrogens is 273 g/mol. The van der Waals surface area contributed by atoms with E-state index in [9.17, 15) is 0 Å². The van der Waals surface area contributed by atoms with Crippen LogP contribution < -0.4 is 0 Å². The third-order valence-corrected chi connectivity index (χ3v) is 4.61. The Kier molecular flexibility index (Phi) is 5.04. The first-order chi connectivity index (χ1) is 6.91. The van der Waals surface area contributed by atoms with E-state index in [1.165, 1.54) is 0 Å². The SMILES string of the molecule is CC(C)C(C)Sc1nc(Cl)c(Cl)cc1Cl. The molecule has 0 amide bonds. The highest BCUT2D eigenvalue weighted by Gasteiger charge is 2.14. The van der Waals surface area contributed by atoms with Crippen LogP contribution in [0.2, 0.25) is 15.2 Å². The maximum atomic E-state index is 6.02. The Bertz CT molecular complexity index is 355. The Balaban J connectivity index is 2.91. The number of thioether (sulfide) groups is 1. The summed E-state index contributed by atoms with van der Waals surface area (Å²) in [7, 11) is 0. The lowest BCUT2D eigenvalue weighted by Gasteiger charge is -2.15. The molecule has 0 aromatic carbocycles. The Morgan fingerprint density at radius 1 is 1.13 bits per heavy atom. The number of nitrogens with zero attached hydrogens (tertiary/aromatic N) is 1. The number of hydrogen-bond acceptors (Lipinski definition) is 2. The topological polar surface area (TPSA) is 12.9 Å². The fraction of sp³-hybridized carbons (Fsp3) is 0.500. The second kappa shape index (κ2) is 5.62. The summed E-state index contributed by atoms with van der Waals surface area (Å²) in [5.41, 5.74) is 0. The quantitative estimate of drug-likeness (QED) is 0.560. The molecule has 0 N–H and O–H groups in total. The van der Waals surface area contributed by atoms with Gasteiger partial charge in [0.15, 0.2) is 0 Å². The molecule has 0 aliphatic heterocycles. The molecule has 1 atom stereocenters. The van der Waals surface area contributed by atoms with Crippen molar-refractivity contribution in [3.05, 3.63) is 21.3 Å². The van der Waals surface area contributed by atoms with Crippen LogP contribution in [-0.2, 0) is 0 Å². The van der Waals surface area contributed by atoms with Crippen molar-refractivity contribution in [1.29, 1.82) is 0 Å². The molecule has 0 spiro atoms. The zero-order valence-electron chi connectivity index (χ0n) is 8.72. The third-order valence-electron chi connectivity index (χ3n) is 2.09. The Morgan fingerprint density at radius 3 is 2.27 bits per heavy atom. The van der Waals surface area contributed by atoms with E-state index in [-0.39, 0.29) is 0 Å². The van der Waals surface area contributed by atoms with Crippen LogP contribution in [0.3, 0.4) is 0 Å². The lowest BCUT2D eigenvalue weighted by Crippen LogP contribution is -2.06. The van der Waals surface area contributed by atoms with Gasteiger partial charge in [-0.1, -0.05) is 55.6 Å². The summed E-state index contributed by atoms with van der Waals surface area (Å²) in [4.78, 5) is 4.16. The molecule has 0 fully saturated rings. The van der Waals surface area contributed by atoms with Crippen LogP contribution in [-0.4, -0.2) is 10.2 Å².